The lowest BCUT2D eigenvalue weighted by atomic mass is 10.0. The first-order valence-electron chi connectivity index (χ1n) is 8.07. The number of hydrogen-bond donors (Lipinski definition) is 0. The molecule has 0 fully saturated rings. The van der Waals surface area contributed by atoms with Crippen LogP contribution in [-0.2, 0) is 7.59 Å². The van der Waals surface area contributed by atoms with E-state index in [1.807, 2.05) is 24.3 Å². The standard InChI is InChI=1S/C19H11Cl6N3O/c1-10(29)11-2-4-12(5-3-11)13-6-8-14(9-7-13)15-26-16(18(20,21)22)28-17(27-15)19(23,24)25/h2-9H,1H3. The van der Waals surface area contributed by atoms with Crippen LogP contribution in [0, 0.1) is 0 Å². The van der Waals surface area contributed by atoms with Gasteiger partial charge in [-0.25, -0.2) is 15.0 Å². The van der Waals surface area contributed by atoms with Crippen molar-refractivity contribution in [2.75, 3.05) is 0 Å². The van der Waals surface area contributed by atoms with E-state index < -0.39 is 7.59 Å². The summed E-state index contributed by atoms with van der Waals surface area (Å²) < 4.78 is -3.83. The molecule has 4 nitrogen and oxygen atoms in total. The van der Waals surface area contributed by atoms with Crippen molar-refractivity contribution >= 4 is 75.4 Å². The molecule has 0 aliphatic carbocycles. The predicted octanol–water partition coefficient (Wildman–Crippen LogP) is 7.06. The van der Waals surface area contributed by atoms with Crippen LogP contribution in [0.4, 0.5) is 0 Å². The van der Waals surface area contributed by atoms with Crippen LogP contribution in [0.1, 0.15) is 28.9 Å². The Hall–Kier alpha value is -1.14. The first kappa shape index (κ1) is 22.5. The van der Waals surface area contributed by atoms with Crippen molar-refractivity contribution in [2.45, 2.75) is 14.5 Å². The minimum absolute atomic E-state index is 0.0104. The number of Topliss-reactive ketones (excluding diaryl/α,β-unsaturated/α-hetero) is 1. The van der Waals surface area contributed by atoms with Gasteiger partial charge in [0.25, 0.3) is 0 Å². The van der Waals surface area contributed by atoms with E-state index in [0.29, 0.717) is 11.1 Å². The molecule has 0 aliphatic heterocycles. The topological polar surface area (TPSA) is 55.7 Å². The molecule has 3 rings (SSSR count). The maximum atomic E-state index is 11.4. The predicted molar refractivity (Wildman–Crippen MR) is 119 cm³/mol. The molecule has 1 aromatic heterocycles. The molecular weight excluding hydrogens is 499 g/mol. The maximum Gasteiger partial charge on any atom is 0.250 e. The van der Waals surface area contributed by atoms with Gasteiger partial charge in [-0.05, 0) is 18.1 Å². The van der Waals surface area contributed by atoms with E-state index in [1.165, 1.54) is 6.92 Å². The second-order valence-corrected chi connectivity index (χ2v) is 10.6. The molecular formula is C19H11Cl6N3O. The van der Waals surface area contributed by atoms with Crippen molar-refractivity contribution in [3.05, 3.63) is 65.7 Å². The van der Waals surface area contributed by atoms with E-state index in [9.17, 15) is 4.79 Å². The number of nitrogens with zero attached hydrogens (tertiary/aromatic N) is 3. The van der Waals surface area contributed by atoms with Crippen LogP contribution in [0.5, 0.6) is 0 Å². The maximum absolute atomic E-state index is 11.4. The van der Waals surface area contributed by atoms with Crippen molar-refractivity contribution in [3.63, 3.8) is 0 Å². The van der Waals surface area contributed by atoms with E-state index in [-0.39, 0.29) is 23.3 Å². The summed E-state index contributed by atoms with van der Waals surface area (Å²) in [5.41, 5.74) is 3.14. The molecule has 10 heteroatoms. The van der Waals surface area contributed by atoms with Crippen LogP contribution in [0.2, 0.25) is 0 Å². The number of carbonyl (C=O) groups is 1. The number of ketones is 1. The summed E-state index contributed by atoms with van der Waals surface area (Å²) in [5, 5.41) is 0. The summed E-state index contributed by atoms with van der Waals surface area (Å²) >= 11 is 35.4. The molecule has 0 saturated carbocycles. The number of aromatic nitrogens is 3. The monoisotopic (exact) mass is 507 g/mol. The van der Waals surface area contributed by atoms with Gasteiger partial charge in [-0.2, -0.15) is 0 Å². The third kappa shape index (κ3) is 5.52. The number of carbonyl (C=O) groups excluding carboxylic acids is 1. The van der Waals surface area contributed by atoms with Gasteiger partial charge in [-0.3, -0.25) is 4.79 Å². The molecule has 0 atom stereocenters. The highest BCUT2D eigenvalue weighted by atomic mass is 35.6. The van der Waals surface area contributed by atoms with E-state index in [0.717, 1.165) is 11.1 Å². The fourth-order valence-electron chi connectivity index (χ4n) is 2.47. The fourth-order valence-corrected chi connectivity index (χ4v) is 2.97. The second kappa shape index (κ2) is 8.54. The third-order valence-corrected chi connectivity index (χ3v) is 4.92. The SMILES string of the molecule is CC(=O)c1ccc(-c2ccc(-c3nc(C(Cl)(Cl)Cl)nc(C(Cl)(Cl)Cl)n3)cc2)cc1. The Morgan fingerprint density at radius 2 is 1.03 bits per heavy atom. The van der Waals surface area contributed by atoms with Crippen molar-refractivity contribution in [1.82, 2.24) is 15.0 Å². The van der Waals surface area contributed by atoms with Gasteiger partial charge in [0.05, 0.1) is 0 Å². The molecule has 29 heavy (non-hydrogen) atoms. The Morgan fingerprint density at radius 3 is 1.41 bits per heavy atom. The molecule has 0 radical (unpaired) electrons. The lowest BCUT2D eigenvalue weighted by Gasteiger charge is -2.15. The van der Waals surface area contributed by atoms with Gasteiger partial charge in [0.2, 0.25) is 7.59 Å². The number of halogens is 6. The quantitative estimate of drug-likeness (QED) is 0.280. The summed E-state index contributed by atoms with van der Waals surface area (Å²) in [6.45, 7) is 1.52. The smallest absolute Gasteiger partial charge is 0.250 e. The van der Waals surface area contributed by atoms with E-state index in [2.05, 4.69) is 15.0 Å². The van der Waals surface area contributed by atoms with Crippen LogP contribution in [-0.4, -0.2) is 20.7 Å². The fraction of sp³-hybridized carbons (Fsp3) is 0.158. The second-order valence-electron chi connectivity index (χ2n) is 6.01. The van der Waals surface area contributed by atoms with Crippen LogP contribution in [0.15, 0.2) is 48.5 Å². The molecule has 2 aromatic carbocycles. The third-order valence-electron chi connectivity index (χ3n) is 3.91. The van der Waals surface area contributed by atoms with Gasteiger partial charge in [-0.15, -0.1) is 0 Å². The molecule has 0 saturated heterocycles. The largest absolute Gasteiger partial charge is 0.295 e. The molecule has 0 N–H and O–H groups in total. The zero-order chi connectivity index (χ0) is 21.4. The molecule has 1 heterocycles. The minimum atomic E-state index is -1.92. The van der Waals surface area contributed by atoms with Crippen molar-refractivity contribution in [2.24, 2.45) is 0 Å². The van der Waals surface area contributed by atoms with E-state index >= 15 is 0 Å². The Morgan fingerprint density at radius 1 is 0.655 bits per heavy atom. The first-order chi connectivity index (χ1) is 13.4. The van der Waals surface area contributed by atoms with Crippen molar-refractivity contribution in [1.29, 1.82) is 0 Å². The summed E-state index contributed by atoms with van der Waals surface area (Å²) in [5.74, 6) is -0.104. The van der Waals surface area contributed by atoms with Gasteiger partial charge >= 0.3 is 0 Å². The summed E-state index contributed by atoms with van der Waals surface area (Å²) in [6.07, 6.45) is 0. The molecule has 0 bridgehead atoms. The summed E-state index contributed by atoms with van der Waals surface area (Å²) in [4.78, 5) is 23.7. The average molecular weight is 510 g/mol. The minimum Gasteiger partial charge on any atom is -0.295 e. The van der Waals surface area contributed by atoms with Gasteiger partial charge in [0.1, 0.15) is 0 Å². The lowest BCUT2D eigenvalue weighted by Crippen LogP contribution is -2.16. The van der Waals surface area contributed by atoms with Crippen LogP contribution in [0.3, 0.4) is 0 Å². The number of benzene rings is 2. The van der Waals surface area contributed by atoms with E-state index in [4.69, 9.17) is 69.6 Å². The molecule has 0 unspecified atom stereocenters. The Balaban J connectivity index is 2.00. The number of hydrogen-bond acceptors (Lipinski definition) is 4. The summed E-state index contributed by atoms with van der Waals surface area (Å²) in [7, 11) is 0. The zero-order valence-electron chi connectivity index (χ0n) is 14.6. The molecule has 150 valence electrons. The van der Waals surface area contributed by atoms with Crippen LogP contribution >= 0.6 is 69.6 Å². The van der Waals surface area contributed by atoms with Crippen molar-refractivity contribution in [3.8, 4) is 22.5 Å². The molecule has 0 amide bonds. The molecule has 0 spiro atoms. The van der Waals surface area contributed by atoms with Crippen LogP contribution < -0.4 is 0 Å². The summed E-state index contributed by atoms with van der Waals surface area (Å²) in [6, 6.07) is 14.6. The Bertz CT molecular complexity index is 1010. The zero-order valence-corrected chi connectivity index (χ0v) is 19.2. The van der Waals surface area contributed by atoms with E-state index in [1.54, 1.807) is 24.3 Å². The first-order valence-corrected chi connectivity index (χ1v) is 10.3. The average Bonchev–Trinajstić information content (AvgIpc) is 2.66. The normalized spacial score (nSPS) is 12.1. The highest BCUT2D eigenvalue weighted by Gasteiger charge is 2.34. The Kier molecular flexibility index (Phi) is 6.64. The van der Waals surface area contributed by atoms with Crippen molar-refractivity contribution < 1.29 is 4.79 Å². The number of alkyl halides is 6. The van der Waals surface area contributed by atoms with Gasteiger partial charge < -0.3 is 0 Å². The highest BCUT2D eigenvalue weighted by Crippen LogP contribution is 2.40. The lowest BCUT2D eigenvalue weighted by molar-refractivity contribution is 0.101. The highest BCUT2D eigenvalue weighted by molar-refractivity contribution is 6.67. The molecule has 3 aromatic rings. The van der Waals surface area contributed by atoms with Gasteiger partial charge in [0.15, 0.2) is 23.3 Å². The van der Waals surface area contributed by atoms with Gasteiger partial charge in [-0.1, -0.05) is 118 Å². The van der Waals surface area contributed by atoms with Gasteiger partial charge in [0, 0.05) is 11.1 Å². The van der Waals surface area contributed by atoms with Crippen LogP contribution in [0.25, 0.3) is 22.5 Å². The Labute approximate surface area is 197 Å². The number of rotatable bonds is 3. The molecule has 0 aliphatic rings.